The minimum atomic E-state index is -3.75. The maximum absolute atomic E-state index is 13.1. The van der Waals surface area contributed by atoms with Crippen molar-refractivity contribution in [1.29, 1.82) is 0 Å². The molecular weight excluding hydrogens is 409 g/mol. The summed E-state index contributed by atoms with van der Waals surface area (Å²) in [5, 5.41) is 2.62. The van der Waals surface area contributed by atoms with E-state index in [2.05, 4.69) is 5.32 Å². The van der Waals surface area contributed by atoms with Crippen molar-refractivity contribution >= 4 is 21.8 Å². The lowest BCUT2D eigenvalue weighted by molar-refractivity contribution is -0.132. The summed E-state index contributed by atoms with van der Waals surface area (Å²) in [5.74, 6) is -1.00. The highest BCUT2D eigenvalue weighted by molar-refractivity contribution is 7.89. The first-order chi connectivity index (χ1) is 14.4. The van der Waals surface area contributed by atoms with Gasteiger partial charge in [-0.2, -0.15) is 4.31 Å². The fourth-order valence-electron chi connectivity index (χ4n) is 3.27. The molecule has 0 aromatic heterocycles. The number of nitrogens with one attached hydrogen (secondary N) is 1. The zero-order chi connectivity index (χ0) is 21.6. The zero-order valence-electron chi connectivity index (χ0n) is 16.5. The van der Waals surface area contributed by atoms with E-state index in [0.717, 1.165) is 17.7 Å². The standard InChI is InChI=1S/C21H24FN3O4S/c22-18-7-9-19(10-8-18)30(28,29)25-12-4-11-24(13-14-25)21(27)16-23-20(26)15-17-5-2-1-3-6-17/h1-3,5-10H,4,11-16H2,(H,23,26). The molecule has 1 fully saturated rings. The number of amides is 2. The van der Waals surface area contributed by atoms with Gasteiger partial charge in [-0.15, -0.1) is 0 Å². The molecule has 1 N–H and O–H groups in total. The third-order valence-electron chi connectivity index (χ3n) is 4.90. The molecule has 0 bridgehead atoms. The lowest BCUT2D eigenvalue weighted by Crippen LogP contribution is -2.42. The molecule has 7 nitrogen and oxygen atoms in total. The summed E-state index contributed by atoms with van der Waals surface area (Å²) in [5.41, 5.74) is 0.860. The third-order valence-corrected chi connectivity index (χ3v) is 6.82. The molecule has 160 valence electrons. The van der Waals surface area contributed by atoms with E-state index in [9.17, 15) is 22.4 Å². The molecule has 3 rings (SSSR count). The number of sulfonamides is 1. The highest BCUT2D eigenvalue weighted by atomic mass is 32.2. The van der Waals surface area contributed by atoms with E-state index in [4.69, 9.17) is 0 Å². The number of rotatable bonds is 6. The average molecular weight is 434 g/mol. The fourth-order valence-corrected chi connectivity index (χ4v) is 4.74. The Morgan fingerprint density at radius 1 is 0.933 bits per heavy atom. The van der Waals surface area contributed by atoms with Crippen molar-refractivity contribution in [2.45, 2.75) is 17.7 Å². The predicted octanol–water partition coefficient (Wildman–Crippen LogP) is 1.41. The summed E-state index contributed by atoms with van der Waals surface area (Å²) in [6, 6.07) is 13.9. The van der Waals surface area contributed by atoms with Crippen LogP contribution in [0.3, 0.4) is 0 Å². The Hall–Kier alpha value is -2.78. The average Bonchev–Trinajstić information content (AvgIpc) is 3.00. The van der Waals surface area contributed by atoms with E-state index < -0.39 is 15.8 Å². The molecule has 1 aliphatic rings. The smallest absolute Gasteiger partial charge is 0.243 e. The molecule has 30 heavy (non-hydrogen) atoms. The van der Waals surface area contributed by atoms with Crippen LogP contribution in [0.4, 0.5) is 4.39 Å². The molecule has 2 aromatic rings. The van der Waals surface area contributed by atoms with Gasteiger partial charge in [0.15, 0.2) is 0 Å². The zero-order valence-corrected chi connectivity index (χ0v) is 17.3. The minimum Gasteiger partial charge on any atom is -0.347 e. The Morgan fingerprint density at radius 2 is 1.63 bits per heavy atom. The van der Waals surface area contributed by atoms with Gasteiger partial charge in [-0.1, -0.05) is 30.3 Å². The molecule has 0 atom stereocenters. The van der Waals surface area contributed by atoms with E-state index in [-0.39, 0.29) is 49.3 Å². The van der Waals surface area contributed by atoms with Gasteiger partial charge in [0.25, 0.3) is 0 Å². The molecule has 0 aliphatic carbocycles. The number of nitrogens with zero attached hydrogens (tertiary/aromatic N) is 2. The van der Waals surface area contributed by atoms with Crippen molar-refractivity contribution < 1.29 is 22.4 Å². The minimum absolute atomic E-state index is 0.0249. The Bertz CT molecular complexity index is 981. The number of benzene rings is 2. The summed E-state index contributed by atoms with van der Waals surface area (Å²) in [7, 11) is -3.75. The topological polar surface area (TPSA) is 86.8 Å². The van der Waals surface area contributed by atoms with Crippen LogP contribution in [0.15, 0.2) is 59.5 Å². The molecule has 0 spiro atoms. The van der Waals surface area contributed by atoms with E-state index in [1.165, 1.54) is 16.4 Å². The van der Waals surface area contributed by atoms with Crippen molar-refractivity contribution in [3.05, 3.63) is 66.0 Å². The first-order valence-electron chi connectivity index (χ1n) is 9.70. The van der Waals surface area contributed by atoms with Crippen molar-refractivity contribution in [2.24, 2.45) is 0 Å². The molecule has 0 saturated carbocycles. The van der Waals surface area contributed by atoms with Gasteiger partial charge in [0.05, 0.1) is 17.9 Å². The Morgan fingerprint density at radius 3 is 2.33 bits per heavy atom. The summed E-state index contributed by atoms with van der Waals surface area (Å²) in [6.07, 6.45) is 0.669. The normalized spacial score (nSPS) is 15.4. The number of carbonyl (C=O) groups excluding carboxylic acids is 2. The van der Waals surface area contributed by atoms with E-state index in [1.807, 2.05) is 30.3 Å². The van der Waals surface area contributed by atoms with Crippen molar-refractivity contribution in [2.75, 3.05) is 32.7 Å². The molecule has 2 amide bonds. The lowest BCUT2D eigenvalue weighted by Gasteiger charge is -2.22. The summed E-state index contributed by atoms with van der Waals surface area (Å²) >= 11 is 0. The van der Waals surface area contributed by atoms with Crippen LogP contribution in [0.1, 0.15) is 12.0 Å². The molecule has 9 heteroatoms. The van der Waals surface area contributed by atoms with Crippen LogP contribution < -0.4 is 5.32 Å². The van der Waals surface area contributed by atoms with Crippen LogP contribution in [0.2, 0.25) is 0 Å². The van der Waals surface area contributed by atoms with Crippen molar-refractivity contribution in [1.82, 2.24) is 14.5 Å². The SMILES string of the molecule is O=C(Cc1ccccc1)NCC(=O)N1CCCN(S(=O)(=O)c2ccc(F)cc2)CC1. The molecule has 1 aliphatic heterocycles. The third kappa shape index (κ3) is 5.64. The Balaban J connectivity index is 1.52. The van der Waals surface area contributed by atoms with E-state index in [0.29, 0.717) is 13.0 Å². The molecule has 0 unspecified atom stereocenters. The second-order valence-electron chi connectivity index (χ2n) is 7.03. The van der Waals surface area contributed by atoms with E-state index >= 15 is 0 Å². The first kappa shape index (κ1) is 21.9. The first-order valence-corrected chi connectivity index (χ1v) is 11.1. The second-order valence-corrected chi connectivity index (χ2v) is 8.97. The largest absolute Gasteiger partial charge is 0.347 e. The van der Waals surface area contributed by atoms with Gasteiger partial charge in [0, 0.05) is 26.2 Å². The molecule has 0 radical (unpaired) electrons. The Labute approximate surface area is 175 Å². The van der Waals surface area contributed by atoms with Crippen LogP contribution in [-0.2, 0) is 26.0 Å². The number of hydrogen-bond donors (Lipinski definition) is 1. The highest BCUT2D eigenvalue weighted by Crippen LogP contribution is 2.18. The van der Waals surface area contributed by atoms with Crippen LogP contribution >= 0.6 is 0 Å². The van der Waals surface area contributed by atoms with Crippen molar-refractivity contribution in [3.8, 4) is 0 Å². The van der Waals surface area contributed by atoms with Crippen molar-refractivity contribution in [3.63, 3.8) is 0 Å². The highest BCUT2D eigenvalue weighted by Gasteiger charge is 2.28. The number of hydrogen-bond acceptors (Lipinski definition) is 4. The molecular formula is C21H24FN3O4S. The van der Waals surface area contributed by atoms with Crippen LogP contribution in [0.5, 0.6) is 0 Å². The van der Waals surface area contributed by atoms with E-state index in [1.54, 1.807) is 4.90 Å². The summed E-state index contributed by atoms with van der Waals surface area (Å²) in [4.78, 5) is 26.1. The Kier molecular flexibility index (Phi) is 7.17. The molecule has 1 saturated heterocycles. The summed E-state index contributed by atoms with van der Waals surface area (Å²) < 4.78 is 39.9. The van der Waals surface area contributed by atoms with Gasteiger partial charge in [0.1, 0.15) is 5.82 Å². The maximum atomic E-state index is 13.1. The van der Waals surface area contributed by atoms with Gasteiger partial charge in [0.2, 0.25) is 21.8 Å². The molecule has 2 aromatic carbocycles. The lowest BCUT2D eigenvalue weighted by atomic mass is 10.1. The second kappa shape index (κ2) is 9.82. The van der Waals surface area contributed by atoms with Gasteiger partial charge >= 0.3 is 0 Å². The van der Waals surface area contributed by atoms with Gasteiger partial charge < -0.3 is 10.2 Å². The monoisotopic (exact) mass is 433 g/mol. The quantitative estimate of drug-likeness (QED) is 0.746. The van der Waals surface area contributed by atoms with Crippen LogP contribution in [-0.4, -0.2) is 62.2 Å². The van der Waals surface area contributed by atoms with Gasteiger partial charge in [-0.05, 0) is 36.2 Å². The summed E-state index contributed by atoms with van der Waals surface area (Å²) in [6.45, 7) is 0.917. The number of halogens is 1. The number of carbonyl (C=O) groups is 2. The van der Waals surface area contributed by atoms with Crippen LogP contribution in [0.25, 0.3) is 0 Å². The van der Waals surface area contributed by atoms with Crippen LogP contribution in [0, 0.1) is 5.82 Å². The fraction of sp³-hybridized carbons (Fsp3) is 0.333. The van der Waals surface area contributed by atoms with Gasteiger partial charge in [-0.3, -0.25) is 9.59 Å². The van der Waals surface area contributed by atoms with Gasteiger partial charge in [-0.25, -0.2) is 12.8 Å². The molecule has 1 heterocycles. The maximum Gasteiger partial charge on any atom is 0.243 e. The predicted molar refractivity (Wildman–Crippen MR) is 110 cm³/mol.